The number of fused-ring (bicyclic) bond motifs is 1. The first kappa shape index (κ1) is 19.0. The Hall–Kier alpha value is -1.30. The standard InChI is InChI=1S/C21H25BClFO3/c1-6-12-8-7-9-13(12)16-10-14-17(25-16)11-15(24)19(23)18(14)22-26-20(2,3)21(4,5)27-22/h7,9,11,16H,6,8,10H2,1-5H3. The lowest BCUT2D eigenvalue weighted by Gasteiger charge is -2.32. The van der Waals surface area contributed by atoms with Crippen LogP contribution in [0.3, 0.4) is 0 Å². The number of allylic oxidation sites excluding steroid dienone is 2. The van der Waals surface area contributed by atoms with E-state index in [4.69, 9.17) is 25.6 Å². The molecule has 0 aromatic heterocycles. The Bertz CT molecular complexity index is 843. The van der Waals surface area contributed by atoms with Crippen LogP contribution < -0.4 is 10.2 Å². The summed E-state index contributed by atoms with van der Waals surface area (Å²) in [7, 11) is -0.715. The van der Waals surface area contributed by atoms with Crippen molar-refractivity contribution in [1.29, 1.82) is 0 Å². The quantitative estimate of drug-likeness (QED) is 0.697. The molecule has 0 saturated carbocycles. The van der Waals surface area contributed by atoms with Crippen molar-refractivity contribution in [3.05, 3.63) is 45.8 Å². The zero-order valence-corrected chi connectivity index (χ0v) is 17.2. The molecule has 1 atom stereocenters. The molecule has 6 heteroatoms. The average Bonchev–Trinajstić information content (AvgIpc) is 3.24. The van der Waals surface area contributed by atoms with E-state index in [0.29, 0.717) is 17.6 Å². The Kier molecular flexibility index (Phi) is 4.49. The van der Waals surface area contributed by atoms with E-state index in [-0.39, 0.29) is 11.1 Å². The fourth-order valence-corrected chi connectivity index (χ4v) is 4.24. The van der Waals surface area contributed by atoms with E-state index in [0.717, 1.165) is 18.4 Å². The first-order valence-corrected chi connectivity index (χ1v) is 9.94. The van der Waals surface area contributed by atoms with E-state index in [1.165, 1.54) is 17.2 Å². The van der Waals surface area contributed by atoms with Gasteiger partial charge in [-0.2, -0.15) is 0 Å². The van der Waals surface area contributed by atoms with Crippen LogP contribution in [0, 0.1) is 5.82 Å². The van der Waals surface area contributed by atoms with E-state index in [2.05, 4.69) is 19.1 Å². The third-order valence-electron chi connectivity index (χ3n) is 6.32. The van der Waals surface area contributed by atoms with Crippen LogP contribution in [0.2, 0.25) is 5.02 Å². The van der Waals surface area contributed by atoms with Gasteiger partial charge in [0.15, 0.2) is 0 Å². The van der Waals surface area contributed by atoms with Crippen molar-refractivity contribution in [2.75, 3.05) is 0 Å². The van der Waals surface area contributed by atoms with Gasteiger partial charge < -0.3 is 14.0 Å². The van der Waals surface area contributed by atoms with Gasteiger partial charge in [-0.05, 0) is 51.7 Å². The normalized spacial score (nSPS) is 25.3. The Labute approximate surface area is 165 Å². The molecule has 0 amide bonds. The minimum absolute atomic E-state index is 0.0585. The van der Waals surface area contributed by atoms with Crippen molar-refractivity contribution in [1.82, 2.24) is 0 Å². The molecule has 0 spiro atoms. The lowest BCUT2D eigenvalue weighted by Crippen LogP contribution is -2.41. The average molecular weight is 391 g/mol. The maximum Gasteiger partial charge on any atom is 0.496 e. The molecule has 1 fully saturated rings. The summed E-state index contributed by atoms with van der Waals surface area (Å²) in [5.41, 5.74) is 2.97. The summed E-state index contributed by atoms with van der Waals surface area (Å²) in [4.78, 5) is 0. The highest BCUT2D eigenvalue weighted by molar-refractivity contribution is 6.66. The maximum atomic E-state index is 14.6. The van der Waals surface area contributed by atoms with Gasteiger partial charge in [0.2, 0.25) is 0 Å². The molecule has 3 nitrogen and oxygen atoms in total. The highest BCUT2D eigenvalue weighted by Crippen LogP contribution is 2.41. The van der Waals surface area contributed by atoms with E-state index in [1.54, 1.807) is 0 Å². The van der Waals surface area contributed by atoms with Crippen molar-refractivity contribution < 1.29 is 18.4 Å². The summed E-state index contributed by atoms with van der Waals surface area (Å²) in [5, 5.41) is 0.0585. The van der Waals surface area contributed by atoms with Gasteiger partial charge in [0.25, 0.3) is 0 Å². The number of halogens is 2. The molecule has 1 aromatic carbocycles. The van der Waals surface area contributed by atoms with E-state index in [1.807, 2.05) is 27.7 Å². The minimum atomic E-state index is -0.715. The van der Waals surface area contributed by atoms with Crippen molar-refractivity contribution in [3.63, 3.8) is 0 Å². The van der Waals surface area contributed by atoms with Crippen LogP contribution in [-0.4, -0.2) is 24.4 Å². The third kappa shape index (κ3) is 2.95. The molecule has 1 saturated heterocycles. The van der Waals surface area contributed by atoms with E-state index >= 15 is 0 Å². The van der Waals surface area contributed by atoms with E-state index < -0.39 is 24.1 Å². The van der Waals surface area contributed by atoms with Gasteiger partial charge in [-0.15, -0.1) is 0 Å². The smallest absolute Gasteiger partial charge is 0.485 e. The Morgan fingerprint density at radius 2 is 1.89 bits per heavy atom. The molecular weight excluding hydrogens is 365 g/mol. The number of ether oxygens (including phenoxy) is 1. The largest absolute Gasteiger partial charge is 0.496 e. The van der Waals surface area contributed by atoms with Crippen LogP contribution >= 0.6 is 11.6 Å². The van der Waals surface area contributed by atoms with Gasteiger partial charge in [0, 0.05) is 17.9 Å². The zero-order chi connectivity index (χ0) is 19.6. The second-order valence-electron chi connectivity index (χ2n) is 8.48. The molecular formula is C21H25BClFO3. The molecule has 1 unspecified atom stereocenters. The molecule has 2 heterocycles. The van der Waals surface area contributed by atoms with Crippen LogP contribution in [0.1, 0.15) is 53.0 Å². The molecule has 1 aromatic rings. The second-order valence-corrected chi connectivity index (χ2v) is 8.86. The lowest BCUT2D eigenvalue weighted by atomic mass is 9.74. The van der Waals surface area contributed by atoms with Crippen LogP contribution in [0.4, 0.5) is 4.39 Å². The van der Waals surface area contributed by atoms with Gasteiger partial charge in [-0.1, -0.05) is 36.2 Å². The Morgan fingerprint density at radius 3 is 2.52 bits per heavy atom. The summed E-state index contributed by atoms with van der Waals surface area (Å²) in [6.07, 6.45) is 6.75. The predicted octanol–water partition coefficient (Wildman–Crippen LogP) is 4.75. The zero-order valence-electron chi connectivity index (χ0n) is 16.5. The summed E-state index contributed by atoms with van der Waals surface area (Å²) in [6.45, 7) is 10.0. The maximum absolute atomic E-state index is 14.6. The monoisotopic (exact) mass is 390 g/mol. The highest BCUT2D eigenvalue weighted by Gasteiger charge is 2.53. The minimum Gasteiger partial charge on any atom is -0.485 e. The van der Waals surface area contributed by atoms with Crippen molar-refractivity contribution in [2.45, 2.75) is 71.2 Å². The molecule has 27 heavy (non-hydrogen) atoms. The first-order chi connectivity index (χ1) is 12.6. The van der Waals surface area contributed by atoms with Gasteiger partial charge in [-0.3, -0.25) is 0 Å². The summed E-state index contributed by atoms with van der Waals surface area (Å²) in [5.74, 6) is 0.0299. The number of hydrogen-bond acceptors (Lipinski definition) is 3. The van der Waals surface area contributed by atoms with Gasteiger partial charge >= 0.3 is 7.12 Å². The Morgan fingerprint density at radius 1 is 1.22 bits per heavy atom. The van der Waals surface area contributed by atoms with Crippen molar-refractivity contribution in [2.24, 2.45) is 0 Å². The van der Waals surface area contributed by atoms with E-state index in [9.17, 15) is 4.39 Å². The lowest BCUT2D eigenvalue weighted by molar-refractivity contribution is 0.00578. The number of benzene rings is 1. The predicted molar refractivity (Wildman–Crippen MR) is 106 cm³/mol. The topological polar surface area (TPSA) is 27.7 Å². The third-order valence-corrected chi connectivity index (χ3v) is 6.70. The van der Waals surface area contributed by atoms with Crippen molar-refractivity contribution >= 4 is 24.2 Å². The molecule has 144 valence electrons. The molecule has 2 aliphatic heterocycles. The summed E-state index contributed by atoms with van der Waals surface area (Å²) in [6, 6.07) is 1.39. The van der Waals surface area contributed by atoms with Gasteiger partial charge in [-0.25, -0.2) is 4.39 Å². The van der Waals surface area contributed by atoms with Crippen LogP contribution in [0.5, 0.6) is 5.75 Å². The van der Waals surface area contributed by atoms with Gasteiger partial charge in [0.1, 0.15) is 17.7 Å². The molecule has 0 N–H and O–H groups in total. The molecule has 4 rings (SSSR count). The molecule has 1 aliphatic carbocycles. The highest BCUT2D eigenvalue weighted by atomic mass is 35.5. The molecule has 0 radical (unpaired) electrons. The molecule has 3 aliphatic rings. The number of rotatable bonds is 3. The Balaban J connectivity index is 1.74. The summed E-state index contributed by atoms with van der Waals surface area (Å²) >= 11 is 6.39. The van der Waals surface area contributed by atoms with Crippen LogP contribution in [0.15, 0.2) is 29.4 Å². The SMILES string of the molecule is CCC1=C(C2Cc3c(cc(F)c(Cl)c3B3OC(C)(C)C(C)(C)O3)O2)C=CC1. The molecule has 0 bridgehead atoms. The fraction of sp³-hybridized carbons (Fsp3) is 0.524. The second kappa shape index (κ2) is 6.36. The number of hydrogen-bond donors (Lipinski definition) is 0. The van der Waals surface area contributed by atoms with Crippen molar-refractivity contribution in [3.8, 4) is 5.75 Å². The van der Waals surface area contributed by atoms with Crippen LogP contribution in [0.25, 0.3) is 0 Å². The fourth-order valence-electron chi connectivity index (χ4n) is 3.98. The van der Waals surface area contributed by atoms with Crippen LogP contribution in [-0.2, 0) is 15.7 Å². The first-order valence-electron chi connectivity index (χ1n) is 9.56. The van der Waals surface area contributed by atoms with Gasteiger partial charge in [0.05, 0.1) is 16.2 Å². The summed E-state index contributed by atoms with van der Waals surface area (Å²) < 4.78 is 33.0.